The predicted molar refractivity (Wildman–Crippen MR) is 81.7 cm³/mol. The van der Waals surface area contributed by atoms with E-state index in [9.17, 15) is 4.79 Å². The van der Waals surface area contributed by atoms with Gasteiger partial charge in [-0.15, -0.1) is 22.9 Å². The van der Waals surface area contributed by atoms with Crippen LogP contribution >= 0.6 is 22.9 Å². The zero-order valence-electron chi connectivity index (χ0n) is 11.9. The smallest absolute Gasteiger partial charge is 0.227 e. The minimum atomic E-state index is 0.0486. The third-order valence-corrected chi connectivity index (χ3v) is 4.05. The minimum Gasteiger partial charge on any atom is -0.353 e. The van der Waals surface area contributed by atoms with Crippen molar-refractivity contribution in [2.45, 2.75) is 58.4 Å². The molecule has 1 amide bonds. The van der Waals surface area contributed by atoms with E-state index in [4.69, 9.17) is 11.6 Å². The summed E-state index contributed by atoms with van der Waals surface area (Å²) in [6, 6.07) is 0.235. The molecule has 0 aliphatic heterocycles. The largest absolute Gasteiger partial charge is 0.353 e. The van der Waals surface area contributed by atoms with E-state index in [2.05, 4.69) is 31.1 Å². The number of rotatable bonds is 8. The average Bonchev–Trinajstić information content (AvgIpc) is 2.75. The molecule has 1 aromatic rings. The molecule has 1 aromatic heterocycles. The van der Waals surface area contributed by atoms with Gasteiger partial charge in [0.15, 0.2) is 0 Å². The highest BCUT2D eigenvalue weighted by atomic mass is 35.5. The second kappa shape index (κ2) is 8.54. The maximum absolute atomic E-state index is 11.8. The van der Waals surface area contributed by atoms with E-state index in [1.165, 1.54) is 17.8 Å². The van der Waals surface area contributed by atoms with Gasteiger partial charge < -0.3 is 5.32 Å². The monoisotopic (exact) mass is 302 g/mol. The van der Waals surface area contributed by atoms with Gasteiger partial charge in [0, 0.05) is 11.4 Å². The lowest BCUT2D eigenvalue weighted by Gasteiger charge is -2.14. The Morgan fingerprint density at radius 1 is 1.42 bits per heavy atom. The zero-order valence-corrected chi connectivity index (χ0v) is 13.5. The number of aromatic nitrogens is 1. The van der Waals surface area contributed by atoms with Crippen molar-refractivity contribution in [3.63, 3.8) is 0 Å². The molecule has 0 bridgehead atoms. The van der Waals surface area contributed by atoms with E-state index in [1.807, 2.05) is 5.38 Å². The van der Waals surface area contributed by atoms with Crippen LogP contribution in [0.1, 0.15) is 50.7 Å². The first-order valence-electron chi connectivity index (χ1n) is 6.79. The van der Waals surface area contributed by atoms with Crippen LogP contribution in [-0.2, 0) is 17.1 Å². The van der Waals surface area contributed by atoms with Gasteiger partial charge in [-0.3, -0.25) is 4.79 Å². The molecule has 1 heterocycles. The van der Waals surface area contributed by atoms with Crippen molar-refractivity contribution in [2.24, 2.45) is 5.92 Å². The molecule has 1 unspecified atom stereocenters. The van der Waals surface area contributed by atoms with Gasteiger partial charge in [0.2, 0.25) is 5.91 Å². The zero-order chi connectivity index (χ0) is 14.3. The van der Waals surface area contributed by atoms with E-state index in [0.29, 0.717) is 12.3 Å². The Morgan fingerprint density at radius 2 is 2.16 bits per heavy atom. The number of hydrogen-bond donors (Lipinski definition) is 1. The van der Waals surface area contributed by atoms with E-state index >= 15 is 0 Å². The lowest BCUT2D eigenvalue weighted by atomic mass is 10.0. The summed E-state index contributed by atoms with van der Waals surface area (Å²) in [7, 11) is 0. The normalized spacial score (nSPS) is 12.7. The maximum Gasteiger partial charge on any atom is 0.227 e. The van der Waals surface area contributed by atoms with E-state index in [0.717, 1.165) is 29.5 Å². The second-order valence-electron chi connectivity index (χ2n) is 5.34. The van der Waals surface area contributed by atoms with Crippen LogP contribution < -0.4 is 5.32 Å². The Balaban J connectivity index is 2.26. The predicted octanol–water partition coefficient (Wildman–Crippen LogP) is 3.76. The Morgan fingerprint density at radius 3 is 2.74 bits per heavy atom. The van der Waals surface area contributed by atoms with Crippen LogP contribution in [0, 0.1) is 5.92 Å². The highest BCUT2D eigenvalue weighted by Gasteiger charge is 2.10. The van der Waals surface area contributed by atoms with Gasteiger partial charge in [-0.1, -0.05) is 26.7 Å². The van der Waals surface area contributed by atoms with E-state index in [1.54, 1.807) is 0 Å². The van der Waals surface area contributed by atoms with Crippen molar-refractivity contribution in [3.8, 4) is 0 Å². The van der Waals surface area contributed by atoms with Crippen molar-refractivity contribution in [2.75, 3.05) is 0 Å². The summed E-state index contributed by atoms with van der Waals surface area (Å²) in [5, 5.41) is 5.76. The molecule has 1 rings (SSSR count). The van der Waals surface area contributed by atoms with Crippen LogP contribution in [0.5, 0.6) is 0 Å². The van der Waals surface area contributed by atoms with Crippen LogP contribution in [0.15, 0.2) is 5.38 Å². The number of nitrogens with zero attached hydrogens (tertiary/aromatic N) is 1. The number of carbonyl (C=O) groups is 1. The molecule has 0 saturated heterocycles. The number of carbonyl (C=O) groups excluding carboxylic acids is 1. The molecule has 1 atom stereocenters. The lowest BCUT2D eigenvalue weighted by Crippen LogP contribution is -2.33. The van der Waals surface area contributed by atoms with Gasteiger partial charge in [0.05, 0.1) is 18.0 Å². The maximum atomic E-state index is 11.8. The van der Waals surface area contributed by atoms with Crippen molar-refractivity contribution < 1.29 is 4.79 Å². The summed E-state index contributed by atoms with van der Waals surface area (Å²) in [4.78, 5) is 16.1. The van der Waals surface area contributed by atoms with Crippen LogP contribution in [0.3, 0.4) is 0 Å². The summed E-state index contributed by atoms with van der Waals surface area (Å²) >= 11 is 7.18. The standard InChI is InChI=1S/C14H23ClN2OS/c1-10(2)5-4-6-11(3)16-13(18)7-14-17-12(8-15)9-19-14/h9-11H,4-8H2,1-3H3,(H,16,18). The molecule has 0 saturated carbocycles. The summed E-state index contributed by atoms with van der Waals surface area (Å²) in [5.41, 5.74) is 0.847. The molecule has 5 heteroatoms. The molecular weight excluding hydrogens is 280 g/mol. The Labute approximate surface area is 124 Å². The van der Waals surface area contributed by atoms with Crippen molar-refractivity contribution >= 4 is 28.8 Å². The highest BCUT2D eigenvalue weighted by Crippen LogP contribution is 2.12. The molecule has 1 N–H and O–H groups in total. The van der Waals surface area contributed by atoms with Crippen LogP contribution in [0.4, 0.5) is 0 Å². The quantitative estimate of drug-likeness (QED) is 0.743. The summed E-state index contributed by atoms with van der Waals surface area (Å²) in [6.45, 7) is 6.50. The summed E-state index contributed by atoms with van der Waals surface area (Å²) in [6.07, 6.45) is 3.77. The van der Waals surface area contributed by atoms with Gasteiger partial charge in [0.25, 0.3) is 0 Å². The SMILES string of the molecule is CC(C)CCCC(C)NC(=O)Cc1nc(CCl)cs1. The number of hydrogen-bond acceptors (Lipinski definition) is 3. The number of alkyl halides is 1. The third kappa shape index (κ3) is 6.92. The van der Waals surface area contributed by atoms with Gasteiger partial charge >= 0.3 is 0 Å². The summed E-state index contributed by atoms with van der Waals surface area (Å²) in [5.74, 6) is 1.18. The number of thiazole rings is 1. The molecule has 0 aromatic carbocycles. The van der Waals surface area contributed by atoms with E-state index < -0.39 is 0 Å². The fraction of sp³-hybridized carbons (Fsp3) is 0.714. The first kappa shape index (κ1) is 16.4. The highest BCUT2D eigenvalue weighted by molar-refractivity contribution is 7.09. The molecule has 19 heavy (non-hydrogen) atoms. The molecule has 0 aliphatic rings. The minimum absolute atomic E-state index is 0.0486. The third-order valence-electron chi connectivity index (χ3n) is 2.87. The molecule has 0 fully saturated rings. The Bertz CT molecular complexity index is 393. The average molecular weight is 303 g/mol. The van der Waals surface area contributed by atoms with Gasteiger partial charge in [0.1, 0.15) is 5.01 Å². The molecule has 0 radical (unpaired) electrons. The first-order chi connectivity index (χ1) is 9.01. The van der Waals surface area contributed by atoms with Crippen molar-refractivity contribution in [1.82, 2.24) is 10.3 Å². The molecule has 0 spiro atoms. The van der Waals surface area contributed by atoms with Gasteiger partial charge in [-0.05, 0) is 19.3 Å². The van der Waals surface area contributed by atoms with Crippen molar-refractivity contribution in [1.29, 1.82) is 0 Å². The molecule has 0 aliphatic carbocycles. The Hall–Kier alpha value is -0.610. The van der Waals surface area contributed by atoms with Crippen LogP contribution in [0.25, 0.3) is 0 Å². The summed E-state index contributed by atoms with van der Waals surface area (Å²) < 4.78 is 0. The second-order valence-corrected chi connectivity index (χ2v) is 6.55. The number of halogens is 1. The van der Waals surface area contributed by atoms with Crippen LogP contribution in [-0.4, -0.2) is 16.9 Å². The van der Waals surface area contributed by atoms with E-state index in [-0.39, 0.29) is 11.9 Å². The van der Waals surface area contributed by atoms with Crippen LogP contribution in [0.2, 0.25) is 0 Å². The number of nitrogens with one attached hydrogen (secondary N) is 1. The van der Waals surface area contributed by atoms with Gasteiger partial charge in [-0.25, -0.2) is 4.98 Å². The molecule has 3 nitrogen and oxygen atoms in total. The number of amides is 1. The molecule has 108 valence electrons. The molecular formula is C14H23ClN2OS. The van der Waals surface area contributed by atoms with Gasteiger partial charge in [-0.2, -0.15) is 0 Å². The first-order valence-corrected chi connectivity index (χ1v) is 8.21. The lowest BCUT2D eigenvalue weighted by molar-refractivity contribution is -0.121. The fourth-order valence-electron chi connectivity index (χ4n) is 1.86. The Kier molecular flexibility index (Phi) is 7.39. The van der Waals surface area contributed by atoms with Crippen molar-refractivity contribution in [3.05, 3.63) is 16.1 Å². The topological polar surface area (TPSA) is 42.0 Å². The fourth-order valence-corrected chi connectivity index (χ4v) is 2.88.